The SMILES string of the molecule is COc1ccc2c(c1)C(=O)C(C[n+]1cc[nH]c1)CCO2. The molecule has 0 saturated carbocycles. The highest BCUT2D eigenvalue weighted by atomic mass is 16.5. The Morgan fingerprint density at radius 2 is 2.40 bits per heavy atom. The van der Waals surface area contributed by atoms with Gasteiger partial charge in [-0.05, 0) is 24.6 Å². The van der Waals surface area contributed by atoms with Gasteiger partial charge in [0.05, 0.1) is 25.2 Å². The smallest absolute Gasteiger partial charge is 0.241 e. The zero-order valence-corrected chi connectivity index (χ0v) is 11.3. The van der Waals surface area contributed by atoms with Crippen molar-refractivity contribution in [2.24, 2.45) is 5.92 Å². The highest BCUT2D eigenvalue weighted by molar-refractivity contribution is 6.00. The Morgan fingerprint density at radius 3 is 3.15 bits per heavy atom. The summed E-state index contributed by atoms with van der Waals surface area (Å²) in [6, 6.07) is 5.38. The molecule has 1 N–H and O–H groups in total. The molecule has 0 radical (unpaired) electrons. The van der Waals surface area contributed by atoms with Gasteiger partial charge in [-0.25, -0.2) is 4.57 Å². The Labute approximate surface area is 117 Å². The van der Waals surface area contributed by atoms with E-state index in [2.05, 4.69) is 4.98 Å². The number of fused-ring (bicyclic) bond motifs is 1. The van der Waals surface area contributed by atoms with Gasteiger partial charge in [-0.2, -0.15) is 0 Å². The van der Waals surface area contributed by atoms with E-state index in [1.165, 1.54) is 0 Å². The molecule has 0 fully saturated rings. The van der Waals surface area contributed by atoms with Crippen molar-refractivity contribution in [3.05, 3.63) is 42.5 Å². The topological polar surface area (TPSA) is 55.2 Å². The third-order valence-electron chi connectivity index (χ3n) is 3.58. The Bertz CT molecular complexity index is 608. The molecule has 0 aliphatic carbocycles. The molecule has 3 rings (SSSR count). The molecule has 1 unspecified atom stereocenters. The Hall–Kier alpha value is -2.30. The summed E-state index contributed by atoms with van der Waals surface area (Å²) in [4.78, 5) is 15.7. The summed E-state index contributed by atoms with van der Waals surface area (Å²) >= 11 is 0. The number of H-pyrrole nitrogens is 1. The molecule has 1 aromatic heterocycles. The van der Waals surface area contributed by atoms with Crippen LogP contribution in [0.5, 0.6) is 11.5 Å². The van der Waals surface area contributed by atoms with Gasteiger partial charge in [-0.3, -0.25) is 9.78 Å². The number of carbonyl (C=O) groups is 1. The van der Waals surface area contributed by atoms with Gasteiger partial charge in [0.25, 0.3) is 0 Å². The molecule has 0 bridgehead atoms. The quantitative estimate of drug-likeness (QED) is 0.864. The van der Waals surface area contributed by atoms with Crippen LogP contribution < -0.4 is 14.0 Å². The maximum absolute atomic E-state index is 12.7. The number of benzene rings is 1. The average molecular weight is 273 g/mol. The van der Waals surface area contributed by atoms with Crippen molar-refractivity contribution < 1.29 is 18.8 Å². The van der Waals surface area contributed by atoms with Crippen LogP contribution in [0.3, 0.4) is 0 Å². The number of nitrogens with zero attached hydrogens (tertiary/aromatic N) is 1. The van der Waals surface area contributed by atoms with Crippen LogP contribution in [-0.2, 0) is 6.54 Å². The van der Waals surface area contributed by atoms with Gasteiger partial charge in [0.15, 0.2) is 5.78 Å². The van der Waals surface area contributed by atoms with E-state index >= 15 is 0 Å². The molecule has 1 aliphatic rings. The lowest BCUT2D eigenvalue weighted by atomic mass is 9.95. The fourth-order valence-corrected chi connectivity index (χ4v) is 2.48. The molecule has 0 amide bonds. The fourth-order valence-electron chi connectivity index (χ4n) is 2.48. The lowest BCUT2D eigenvalue weighted by molar-refractivity contribution is -0.699. The first kappa shape index (κ1) is 12.7. The number of nitrogens with one attached hydrogen (secondary N) is 1. The van der Waals surface area contributed by atoms with Crippen LogP contribution >= 0.6 is 0 Å². The third-order valence-corrected chi connectivity index (χ3v) is 3.58. The van der Waals surface area contributed by atoms with Crippen molar-refractivity contribution in [1.29, 1.82) is 0 Å². The average Bonchev–Trinajstić information content (AvgIpc) is 2.93. The predicted molar refractivity (Wildman–Crippen MR) is 71.9 cm³/mol. The number of aromatic amines is 1. The van der Waals surface area contributed by atoms with E-state index in [9.17, 15) is 4.79 Å². The van der Waals surface area contributed by atoms with Crippen LogP contribution in [0.4, 0.5) is 0 Å². The van der Waals surface area contributed by atoms with Crippen molar-refractivity contribution in [2.75, 3.05) is 13.7 Å². The van der Waals surface area contributed by atoms with Crippen molar-refractivity contribution in [2.45, 2.75) is 13.0 Å². The Kier molecular flexibility index (Phi) is 3.41. The minimum Gasteiger partial charge on any atom is -0.497 e. The molecule has 5 nitrogen and oxygen atoms in total. The third kappa shape index (κ3) is 2.39. The van der Waals surface area contributed by atoms with Crippen LogP contribution in [0.1, 0.15) is 16.8 Å². The highest BCUT2D eigenvalue weighted by Crippen LogP contribution is 2.30. The summed E-state index contributed by atoms with van der Waals surface area (Å²) in [5.41, 5.74) is 0.614. The number of hydrogen-bond acceptors (Lipinski definition) is 3. The van der Waals surface area contributed by atoms with Gasteiger partial charge in [0, 0.05) is 0 Å². The number of aromatic nitrogens is 2. The monoisotopic (exact) mass is 273 g/mol. The van der Waals surface area contributed by atoms with Crippen molar-refractivity contribution in [3.63, 3.8) is 0 Å². The summed E-state index contributed by atoms with van der Waals surface area (Å²) in [7, 11) is 1.59. The maximum atomic E-state index is 12.7. The zero-order valence-electron chi connectivity index (χ0n) is 11.3. The van der Waals surface area contributed by atoms with E-state index in [1.54, 1.807) is 19.2 Å². The molecule has 20 heavy (non-hydrogen) atoms. The predicted octanol–water partition coefficient (Wildman–Crippen LogP) is 1.59. The largest absolute Gasteiger partial charge is 0.497 e. The molecule has 1 atom stereocenters. The normalized spacial score (nSPS) is 18.1. The van der Waals surface area contributed by atoms with Crippen LogP contribution in [0.2, 0.25) is 0 Å². The van der Waals surface area contributed by atoms with Gasteiger partial charge in [0.1, 0.15) is 30.4 Å². The first-order valence-electron chi connectivity index (χ1n) is 6.65. The van der Waals surface area contributed by atoms with Crippen molar-refractivity contribution >= 4 is 5.78 Å². The number of carbonyl (C=O) groups excluding carboxylic acids is 1. The number of rotatable bonds is 3. The summed E-state index contributed by atoms with van der Waals surface area (Å²) < 4.78 is 12.8. The molecular formula is C15H17N2O3+. The summed E-state index contributed by atoms with van der Waals surface area (Å²) in [5.74, 6) is 1.36. The minimum atomic E-state index is -0.0795. The van der Waals surface area contributed by atoms with E-state index in [-0.39, 0.29) is 11.7 Å². The molecule has 2 aromatic rings. The van der Waals surface area contributed by atoms with E-state index < -0.39 is 0 Å². The molecular weight excluding hydrogens is 256 g/mol. The standard InChI is InChI=1S/C15H16N2O3/c1-19-12-2-3-14-13(8-12)15(18)11(4-7-20-14)9-17-6-5-16-10-17/h2-3,5-6,8,10-11H,4,7,9H2,1H3/p+1. The Balaban J connectivity index is 1.90. The van der Waals surface area contributed by atoms with Gasteiger partial charge in [0.2, 0.25) is 6.33 Å². The van der Waals surface area contributed by atoms with E-state index in [4.69, 9.17) is 9.47 Å². The number of methoxy groups -OCH3 is 1. The molecule has 5 heteroatoms. The molecule has 0 spiro atoms. The first-order valence-corrected chi connectivity index (χ1v) is 6.65. The number of hydrogen-bond donors (Lipinski definition) is 1. The van der Waals surface area contributed by atoms with Gasteiger partial charge in [-0.15, -0.1) is 0 Å². The molecule has 104 valence electrons. The number of Topliss-reactive ketones (excluding diaryl/α,β-unsaturated/α-hetero) is 1. The molecule has 1 aromatic carbocycles. The minimum absolute atomic E-state index is 0.0795. The van der Waals surface area contributed by atoms with Crippen LogP contribution in [-0.4, -0.2) is 24.5 Å². The van der Waals surface area contributed by atoms with Gasteiger partial charge >= 0.3 is 0 Å². The summed E-state index contributed by atoms with van der Waals surface area (Å²) in [6.07, 6.45) is 6.33. The van der Waals surface area contributed by atoms with E-state index in [1.807, 2.05) is 29.4 Å². The number of ether oxygens (including phenoxy) is 2. The summed E-state index contributed by atoms with van der Waals surface area (Å²) in [6.45, 7) is 1.21. The number of ketones is 1. The van der Waals surface area contributed by atoms with Crippen LogP contribution in [0, 0.1) is 5.92 Å². The van der Waals surface area contributed by atoms with Crippen molar-refractivity contribution in [3.8, 4) is 11.5 Å². The van der Waals surface area contributed by atoms with Crippen LogP contribution in [0.25, 0.3) is 0 Å². The Morgan fingerprint density at radius 1 is 1.50 bits per heavy atom. The van der Waals surface area contributed by atoms with Crippen molar-refractivity contribution in [1.82, 2.24) is 4.98 Å². The second-order valence-corrected chi connectivity index (χ2v) is 4.87. The zero-order chi connectivity index (χ0) is 13.9. The molecule has 1 aliphatic heterocycles. The molecule has 2 heterocycles. The second kappa shape index (κ2) is 5.36. The number of imidazole rings is 1. The van der Waals surface area contributed by atoms with Crippen LogP contribution in [0.15, 0.2) is 36.9 Å². The molecule has 0 saturated heterocycles. The summed E-state index contributed by atoms with van der Waals surface area (Å²) in [5, 5.41) is 0. The van der Waals surface area contributed by atoms with Gasteiger partial charge in [-0.1, -0.05) is 0 Å². The fraction of sp³-hybridized carbons (Fsp3) is 0.333. The van der Waals surface area contributed by atoms with Gasteiger partial charge < -0.3 is 9.47 Å². The lowest BCUT2D eigenvalue weighted by Gasteiger charge is -2.10. The maximum Gasteiger partial charge on any atom is 0.241 e. The van der Waals surface area contributed by atoms with E-state index in [0.717, 1.165) is 0 Å². The highest BCUT2D eigenvalue weighted by Gasteiger charge is 2.28. The second-order valence-electron chi connectivity index (χ2n) is 4.87. The lowest BCUT2D eigenvalue weighted by Crippen LogP contribution is -2.38. The first-order chi connectivity index (χ1) is 9.78. The van der Waals surface area contributed by atoms with E-state index in [0.29, 0.717) is 36.6 Å².